The SMILES string of the molecule is COc1ccc(-c2cc(=Nc3ccccc3)c3cc(Cl)ccc3o2)cc1OC. The van der Waals surface area contributed by atoms with Gasteiger partial charge in [0, 0.05) is 22.0 Å². The number of hydrogen-bond acceptors (Lipinski definition) is 4. The summed E-state index contributed by atoms with van der Waals surface area (Å²) in [6.07, 6.45) is 0. The lowest BCUT2D eigenvalue weighted by atomic mass is 10.1. The second-order valence-electron chi connectivity index (χ2n) is 6.15. The van der Waals surface area contributed by atoms with Crippen molar-refractivity contribution in [2.75, 3.05) is 14.2 Å². The van der Waals surface area contributed by atoms with Crippen LogP contribution >= 0.6 is 11.6 Å². The van der Waals surface area contributed by atoms with Crippen molar-refractivity contribution in [3.63, 3.8) is 0 Å². The van der Waals surface area contributed by atoms with Gasteiger partial charge in [-0.2, -0.15) is 0 Å². The fraction of sp³-hybridized carbons (Fsp3) is 0.0870. The minimum atomic E-state index is 0.631. The second-order valence-corrected chi connectivity index (χ2v) is 6.59. The first-order valence-electron chi connectivity index (χ1n) is 8.73. The molecule has 4 aromatic rings. The van der Waals surface area contributed by atoms with E-state index in [1.165, 1.54) is 0 Å². The summed E-state index contributed by atoms with van der Waals surface area (Å²) in [4.78, 5) is 4.80. The number of hydrogen-bond donors (Lipinski definition) is 0. The number of ether oxygens (including phenoxy) is 2. The van der Waals surface area contributed by atoms with Gasteiger partial charge in [-0.3, -0.25) is 0 Å². The van der Waals surface area contributed by atoms with Gasteiger partial charge >= 0.3 is 0 Å². The van der Waals surface area contributed by atoms with Crippen LogP contribution in [-0.4, -0.2) is 14.2 Å². The van der Waals surface area contributed by atoms with Gasteiger partial charge < -0.3 is 13.9 Å². The number of fused-ring (bicyclic) bond motifs is 1. The van der Waals surface area contributed by atoms with E-state index in [4.69, 9.17) is 30.5 Å². The number of halogens is 1. The van der Waals surface area contributed by atoms with Crippen molar-refractivity contribution in [2.45, 2.75) is 0 Å². The highest BCUT2D eigenvalue weighted by Gasteiger charge is 2.10. The Balaban J connectivity index is 1.96. The summed E-state index contributed by atoms with van der Waals surface area (Å²) < 4.78 is 16.9. The fourth-order valence-electron chi connectivity index (χ4n) is 3.01. The Morgan fingerprint density at radius 3 is 2.36 bits per heavy atom. The number of para-hydroxylation sites is 1. The molecule has 0 bridgehead atoms. The molecule has 4 nitrogen and oxygen atoms in total. The van der Waals surface area contributed by atoms with Gasteiger partial charge in [-0.05, 0) is 48.5 Å². The predicted octanol–water partition coefficient (Wildman–Crippen LogP) is 6.00. The zero-order valence-electron chi connectivity index (χ0n) is 15.5. The van der Waals surface area contributed by atoms with Crippen LogP contribution in [0.1, 0.15) is 0 Å². The first kappa shape index (κ1) is 18.1. The van der Waals surface area contributed by atoms with Crippen LogP contribution in [0.3, 0.4) is 0 Å². The van der Waals surface area contributed by atoms with Crippen LogP contribution in [0.2, 0.25) is 5.02 Å². The quantitative estimate of drug-likeness (QED) is 0.428. The molecular weight excluding hydrogens is 374 g/mol. The average Bonchev–Trinajstić information content (AvgIpc) is 2.74. The van der Waals surface area contributed by atoms with Crippen molar-refractivity contribution in [3.8, 4) is 22.8 Å². The van der Waals surface area contributed by atoms with E-state index in [9.17, 15) is 0 Å². The Kier molecular flexibility index (Phi) is 5.04. The molecule has 140 valence electrons. The molecule has 0 spiro atoms. The number of nitrogens with zero attached hydrogens (tertiary/aromatic N) is 1. The van der Waals surface area contributed by atoms with Crippen LogP contribution in [0.4, 0.5) is 5.69 Å². The summed E-state index contributed by atoms with van der Waals surface area (Å²) in [5.74, 6) is 1.96. The van der Waals surface area contributed by atoms with Gasteiger partial charge in [0.25, 0.3) is 0 Å². The Hall–Kier alpha value is -3.24. The van der Waals surface area contributed by atoms with Crippen molar-refractivity contribution in [1.82, 2.24) is 0 Å². The molecule has 0 unspecified atom stereocenters. The molecule has 0 atom stereocenters. The zero-order chi connectivity index (χ0) is 19.5. The minimum absolute atomic E-state index is 0.631. The molecule has 0 aliphatic heterocycles. The molecule has 0 saturated carbocycles. The van der Waals surface area contributed by atoms with Crippen LogP contribution in [-0.2, 0) is 0 Å². The third kappa shape index (κ3) is 3.59. The highest BCUT2D eigenvalue weighted by atomic mass is 35.5. The van der Waals surface area contributed by atoms with E-state index < -0.39 is 0 Å². The van der Waals surface area contributed by atoms with E-state index >= 15 is 0 Å². The topological polar surface area (TPSA) is 44.0 Å². The molecule has 0 aliphatic rings. The fourth-order valence-corrected chi connectivity index (χ4v) is 3.18. The highest BCUT2D eigenvalue weighted by Crippen LogP contribution is 2.33. The molecule has 1 aromatic heterocycles. The lowest BCUT2D eigenvalue weighted by Crippen LogP contribution is -2.03. The van der Waals surface area contributed by atoms with E-state index in [-0.39, 0.29) is 0 Å². The van der Waals surface area contributed by atoms with Crippen molar-refractivity contribution >= 4 is 28.3 Å². The van der Waals surface area contributed by atoms with Gasteiger partial charge in [0.15, 0.2) is 11.5 Å². The minimum Gasteiger partial charge on any atom is -0.493 e. The first-order chi connectivity index (χ1) is 13.7. The van der Waals surface area contributed by atoms with Crippen molar-refractivity contribution < 1.29 is 13.9 Å². The number of rotatable bonds is 4. The van der Waals surface area contributed by atoms with E-state index in [1.54, 1.807) is 20.3 Å². The van der Waals surface area contributed by atoms with Crippen LogP contribution in [0.5, 0.6) is 11.5 Å². The van der Waals surface area contributed by atoms with E-state index in [0.717, 1.165) is 22.0 Å². The first-order valence-corrected chi connectivity index (χ1v) is 9.11. The Labute approximate surface area is 167 Å². The summed E-state index contributed by atoms with van der Waals surface area (Å²) in [5, 5.41) is 2.26. The molecule has 0 saturated heterocycles. The van der Waals surface area contributed by atoms with Crippen molar-refractivity contribution in [3.05, 3.63) is 83.2 Å². The predicted molar refractivity (Wildman–Crippen MR) is 111 cm³/mol. The van der Waals surface area contributed by atoms with Gasteiger partial charge in [-0.25, -0.2) is 4.99 Å². The zero-order valence-corrected chi connectivity index (χ0v) is 16.2. The smallest absolute Gasteiger partial charge is 0.161 e. The van der Waals surface area contributed by atoms with E-state index in [2.05, 4.69) is 0 Å². The summed E-state index contributed by atoms with van der Waals surface area (Å²) >= 11 is 6.21. The largest absolute Gasteiger partial charge is 0.493 e. The Morgan fingerprint density at radius 1 is 0.821 bits per heavy atom. The molecule has 3 aromatic carbocycles. The highest BCUT2D eigenvalue weighted by molar-refractivity contribution is 6.31. The van der Waals surface area contributed by atoms with Crippen molar-refractivity contribution in [2.24, 2.45) is 4.99 Å². The summed E-state index contributed by atoms with van der Waals surface area (Å²) in [6, 6.07) is 22.9. The van der Waals surface area contributed by atoms with E-state index in [1.807, 2.05) is 66.7 Å². The molecule has 0 amide bonds. The summed E-state index contributed by atoms with van der Waals surface area (Å²) in [5.41, 5.74) is 2.42. The number of benzene rings is 3. The molecule has 0 radical (unpaired) electrons. The molecular formula is C23H18ClNO3. The average molecular weight is 392 g/mol. The van der Waals surface area contributed by atoms with Crippen LogP contribution in [0, 0.1) is 0 Å². The maximum Gasteiger partial charge on any atom is 0.161 e. The van der Waals surface area contributed by atoms with Gasteiger partial charge in [0.2, 0.25) is 0 Å². The Bertz CT molecular complexity index is 1200. The molecule has 4 rings (SSSR count). The van der Waals surface area contributed by atoms with Crippen LogP contribution < -0.4 is 14.8 Å². The third-order valence-corrected chi connectivity index (χ3v) is 4.61. The standard InChI is InChI=1S/C23H18ClNO3/c1-26-21-10-8-15(12-23(21)27-2)22-14-19(25-17-6-4-3-5-7-17)18-13-16(24)9-11-20(18)28-22/h3-14H,1-2H3. The van der Waals surface area contributed by atoms with Gasteiger partial charge in [-0.15, -0.1) is 0 Å². The lowest BCUT2D eigenvalue weighted by molar-refractivity contribution is 0.355. The molecule has 1 heterocycles. The van der Waals surface area contributed by atoms with Gasteiger partial charge in [-0.1, -0.05) is 29.8 Å². The molecule has 0 fully saturated rings. The van der Waals surface area contributed by atoms with Crippen LogP contribution in [0.25, 0.3) is 22.3 Å². The molecule has 0 aliphatic carbocycles. The van der Waals surface area contributed by atoms with E-state index in [0.29, 0.717) is 27.9 Å². The maximum atomic E-state index is 6.21. The number of methoxy groups -OCH3 is 2. The van der Waals surface area contributed by atoms with Crippen molar-refractivity contribution in [1.29, 1.82) is 0 Å². The van der Waals surface area contributed by atoms with Gasteiger partial charge in [0.05, 0.1) is 25.3 Å². The van der Waals surface area contributed by atoms with Crippen LogP contribution in [0.15, 0.2) is 82.2 Å². The summed E-state index contributed by atoms with van der Waals surface area (Å²) in [7, 11) is 3.22. The normalized spacial score (nSPS) is 11.6. The summed E-state index contributed by atoms with van der Waals surface area (Å²) in [6.45, 7) is 0. The monoisotopic (exact) mass is 391 g/mol. The third-order valence-electron chi connectivity index (χ3n) is 4.38. The Morgan fingerprint density at radius 2 is 1.61 bits per heavy atom. The maximum absolute atomic E-state index is 6.21. The van der Waals surface area contributed by atoms with Gasteiger partial charge in [0.1, 0.15) is 11.3 Å². The molecule has 28 heavy (non-hydrogen) atoms. The molecule has 5 heteroatoms. The lowest BCUT2D eigenvalue weighted by Gasteiger charge is -2.10. The second kappa shape index (κ2) is 7.79. The molecule has 0 N–H and O–H groups in total.